The van der Waals surface area contributed by atoms with Crippen molar-refractivity contribution in [2.75, 3.05) is 4.72 Å². The first-order valence-corrected chi connectivity index (χ1v) is 7.12. The van der Waals surface area contributed by atoms with Gasteiger partial charge in [0.1, 0.15) is 0 Å². The number of H-pyrrole nitrogens is 1. The van der Waals surface area contributed by atoms with Crippen LogP contribution in [0.4, 0.5) is 5.69 Å². The molecule has 2 rings (SSSR count). The van der Waals surface area contributed by atoms with E-state index in [4.69, 9.17) is 11.6 Å². The van der Waals surface area contributed by atoms with Gasteiger partial charge in [-0.15, -0.1) is 0 Å². The second-order valence-corrected chi connectivity index (χ2v) is 6.12. The van der Waals surface area contributed by atoms with Gasteiger partial charge in [-0.3, -0.25) is 9.82 Å². The number of hydrogen-bond donors (Lipinski definition) is 2. The van der Waals surface area contributed by atoms with Gasteiger partial charge in [-0.05, 0) is 24.3 Å². The highest BCUT2D eigenvalue weighted by Crippen LogP contribution is 2.27. The molecule has 8 heteroatoms. The number of sulfonamides is 1. The Morgan fingerprint density at radius 2 is 2.12 bits per heavy atom. The van der Waals surface area contributed by atoms with Gasteiger partial charge < -0.3 is 0 Å². The minimum absolute atomic E-state index is 0.0199. The second kappa shape index (κ2) is 4.67. The molecule has 17 heavy (non-hydrogen) atoms. The number of aromatic amines is 1. The molecule has 1 aromatic carbocycles. The predicted molar refractivity (Wildman–Crippen MR) is 68.5 cm³/mol. The molecule has 0 atom stereocenters. The highest BCUT2D eigenvalue weighted by molar-refractivity contribution is 9.10. The third kappa shape index (κ3) is 2.80. The lowest BCUT2D eigenvalue weighted by Gasteiger charge is -2.08. The van der Waals surface area contributed by atoms with Gasteiger partial charge in [-0.2, -0.15) is 13.5 Å². The lowest BCUT2D eigenvalue weighted by molar-refractivity contribution is 0.597. The number of benzene rings is 1. The number of anilines is 1. The number of hydrogen-bond acceptors (Lipinski definition) is 3. The average Bonchev–Trinajstić information content (AvgIpc) is 2.77. The van der Waals surface area contributed by atoms with E-state index in [0.29, 0.717) is 10.7 Å². The summed E-state index contributed by atoms with van der Waals surface area (Å²) in [4.78, 5) is 0. The monoisotopic (exact) mass is 335 g/mol. The Morgan fingerprint density at radius 3 is 2.76 bits per heavy atom. The minimum atomic E-state index is -3.68. The highest BCUT2D eigenvalue weighted by atomic mass is 79.9. The predicted octanol–water partition coefficient (Wildman–Crippen LogP) is 2.63. The van der Waals surface area contributed by atoms with Crippen LogP contribution in [0.15, 0.2) is 40.0 Å². The number of rotatable bonds is 3. The lowest BCUT2D eigenvalue weighted by Crippen LogP contribution is -2.13. The maximum Gasteiger partial charge on any atom is 0.278 e. The number of nitrogens with one attached hydrogen (secondary N) is 2. The second-order valence-electron chi connectivity index (χ2n) is 3.15. The van der Waals surface area contributed by atoms with E-state index in [0.717, 1.165) is 4.47 Å². The minimum Gasteiger partial charge on any atom is -0.277 e. The van der Waals surface area contributed by atoms with Gasteiger partial charge in [0.05, 0.1) is 16.9 Å². The summed E-state index contributed by atoms with van der Waals surface area (Å²) in [7, 11) is -3.68. The molecule has 2 N–H and O–H groups in total. The van der Waals surface area contributed by atoms with Crippen molar-refractivity contribution >= 4 is 43.2 Å². The third-order valence-electron chi connectivity index (χ3n) is 1.94. The Bertz CT molecular complexity index is 628. The zero-order valence-corrected chi connectivity index (χ0v) is 11.5. The summed E-state index contributed by atoms with van der Waals surface area (Å²) in [5, 5.41) is 6.26. The van der Waals surface area contributed by atoms with Crippen molar-refractivity contribution < 1.29 is 8.42 Å². The van der Waals surface area contributed by atoms with Gasteiger partial charge in [0.2, 0.25) is 0 Å². The molecule has 0 spiro atoms. The van der Waals surface area contributed by atoms with Crippen molar-refractivity contribution in [1.29, 1.82) is 0 Å². The lowest BCUT2D eigenvalue weighted by atomic mass is 10.3. The Balaban J connectivity index is 2.36. The fourth-order valence-electron chi connectivity index (χ4n) is 1.17. The molecule has 1 heterocycles. The van der Waals surface area contributed by atoms with E-state index in [9.17, 15) is 8.42 Å². The molecule has 0 saturated heterocycles. The summed E-state index contributed by atoms with van der Waals surface area (Å²) < 4.78 is 26.8. The Morgan fingerprint density at radius 1 is 1.35 bits per heavy atom. The molecule has 90 valence electrons. The van der Waals surface area contributed by atoms with E-state index in [2.05, 4.69) is 30.8 Å². The van der Waals surface area contributed by atoms with Crippen molar-refractivity contribution in [2.45, 2.75) is 5.03 Å². The summed E-state index contributed by atoms with van der Waals surface area (Å²) in [6, 6.07) is 6.25. The first-order chi connectivity index (χ1) is 7.99. The molecule has 0 aliphatic rings. The molecule has 0 saturated carbocycles. The van der Waals surface area contributed by atoms with Crippen molar-refractivity contribution in [1.82, 2.24) is 10.2 Å². The van der Waals surface area contributed by atoms with Gasteiger partial charge in [-0.1, -0.05) is 27.5 Å². The summed E-state index contributed by atoms with van der Waals surface area (Å²) in [6.45, 7) is 0. The fraction of sp³-hybridized carbons (Fsp3) is 0. The average molecular weight is 337 g/mol. The first kappa shape index (κ1) is 12.4. The fourth-order valence-corrected chi connectivity index (χ4v) is 2.73. The molecule has 0 unspecified atom stereocenters. The normalized spacial score (nSPS) is 11.4. The standard InChI is InChI=1S/C9H7BrClN3O2S/c10-6-1-2-7(11)8(5-6)14-17(15,16)9-3-4-12-13-9/h1-5,14H,(H,12,13). The third-order valence-corrected chi connectivity index (χ3v) is 4.06. The SMILES string of the molecule is O=S(=O)(Nc1cc(Br)ccc1Cl)c1ccn[nH]1. The van der Waals surface area contributed by atoms with Crippen molar-refractivity contribution in [3.05, 3.63) is 40.0 Å². The number of nitrogens with zero attached hydrogens (tertiary/aromatic N) is 1. The zero-order chi connectivity index (χ0) is 12.5. The molecule has 0 fully saturated rings. The molecule has 0 bridgehead atoms. The van der Waals surface area contributed by atoms with Crippen LogP contribution in [-0.4, -0.2) is 18.6 Å². The molecule has 0 radical (unpaired) electrons. The molecule has 0 aliphatic carbocycles. The van der Waals surface area contributed by atoms with Crippen LogP contribution in [0.2, 0.25) is 5.02 Å². The molecule has 0 aliphatic heterocycles. The summed E-state index contributed by atoms with van der Waals surface area (Å²) in [6.07, 6.45) is 1.36. The van der Waals surface area contributed by atoms with Gasteiger partial charge in [0, 0.05) is 4.47 Å². The topological polar surface area (TPSA) is 74.8 Å². The zero-order valence-electron chi connectivity index (χ0n) is 8.31. The largest absolute Gasteiger partial charge is 0.278 e. The molecule has 5 nitrogen and oxygen atoms in total. The van der Waals surface area contributed by atoms with Crippen LogP contribution >= 0.6 is 27.5 Å². The van der Waals surface area contributed by atoms with Crippen LogP contribution in [0.3, 0.4) is 0 Å². The van der Waals surface area contributed by atoms with Crippen molar-refractivity contribution in [3.8, 4) is 0 Å². The van der Waals surface area contributed by atoms with Crippen LogP contribution in [-0.2, 0) is 10.0 Å². The first-order valence-electron chi connectivity index (χ1n) is 4.46. The Hall–Kier alpha value is -1.05. The smallest absolute Gasteiger partial charge is 0.277 e. The molecular formula is C9H7BrClN3O2S. The quantitative estimate of drug-likeness (QED) is 0.905. The van der Waals surface area contributed by atoms with Crippen LogP contribution < -0.4 is 4.72 Å². The van der Waals surface area contributed by atoms with Crippen molar-refractivity contribution in [2.24, 2.45) is 0 Å². The van der Waals surface area contributed by atoms with Gasteiger partial charge in [0.15, 0.2) is 5.03 Å². The van der Waals surface area contributed by atoms with E-state index < -0.39 is 10.0 Å². The van der Waals surface area contributed by atoms with Gasteiger partial charge >= 0.3 is 0 Å². The molecule has 2 aromatic rings. The van der Waals surface area contributed by atoms with Gasteiger partial charge in [0.25, 0.3) is 10.0 Å². The van der Waals surface area contributed by atoms with Gasteiger partial charge in [-0.25, -0.2) is 0 Å². The van der Waals surface area contributed by atoms with E-state index >= 15 is 0 Å². The van der Waals surface area contributed by atoms with Crippen LogP contribution in [0.1, 0.15) is 0 Å². The Kier molecular flexibility index (Phi) is 3.41. The highest BCUT2D eigenvalue weighted by Gasteiger charge is 2.16. The molecule has 1 aromatic heterocycles. The number of halogens is 2. The van der Waals surface area contributed by atoms with Crippen LogP contribution in [0.25, 0.3) is 0 Å². The van der Waals surface area contributed by atoms with E-state index in [1.165, 1.54) is 12.3 Å². The van der Waals surface area contributed by atoms with E-state index in [-0.39, 0.29) is 5.03 Å². The number of aromatic nitrogens is 2. The summed E-state index contributed by atoms with van der Waals surface area (Å²) in [5.74, 6) is 0. The Labute approximate surface area is 111 Å². The van der Waals surface area contributed by atoms with Crippen LogP contribution in [0.5, 0.6) is 0 Å². The maximum atomic E-state index is 11.9. The van der Waals surface area contributed by atoms with E-state index in [1.54, 1.807) is 18.2 Å². The maximum absolute atomic E-state index is 11.9. The molecular weight excluding hydrogens is 330 g/mol. The summed E-state index contributed by atoms with van der Waals surface area (Å²) >= 11 is 9.13. The van der Waals surface area contributed by atoms with Crippen molar-refractivity contribution in [3.63, 3.8) is 0 Å². The summed E-state index contributed by atoms with van der Waals surface area (Å²) in [5.41, 5.74) is 0.302. The molecule has 0 amide bonds. The van der Waals surface area contributed by atoms with E-state index in [1.807, 2.05) is 0 Å². The van der Waals surface area contributed by atoms with Crippen LogP contribution in [0, 0.1) is 0 Å².